The Morgan fingerprint density at radius 3 is 2.89 bits per heavy atom. The number of aromatic nitrogens is 1. The van der Waals surface area contributed by atoms with Crippen molar-refractivity contribution in [1.82, 2.24) is 9.88 Å². The van der Waals surface area contributed by atoms with Gasteiger partial charge in [0.05, 0.1) is 6.61 Å². The van der Waals surface area contributed by atoms with E-state index in [1.54, 1.807) is 0 Å². The molecule has 4 nitrogen and oxygen atoms in total. The van der Waals surface area contributed by atoms with Gasteiger partial charge < -0.3 is 10.1 Å². The van der Waals surface area contributed by atoms with Crippen molar-refractivity contribution < 1.29 is 4.74 Å². The number of pyridine rings is 1. The number of anilines is 1. The summed E-state index contributed by atoms with van der Waals surface area (Å²) in [5, 5.41) is 3.26. The third-order valence-corrected chi connectivity index (χ3v) is 5.52. The van der Waals surface area contributed by atoms with Crippen LogP contribution in [0, 0.1) is 6.92 Å². The molecule has 0 fully saturated rings. The molecule has 1 aromatic carbocycles. The average Bonchev–Trinajstić information content (AvgIpc) is 2.67. The summed E-state index contributed by atoms with van der Waals surface area (Å²) < 4.78 is 5.87. The van der Waals surface area contributed by atoms with Gasteiger partial charge in [0.2, 0.25) is 5.88 Å². The molecule has 0 saturated carbocycles. The highest BCUT2D eigenvalue weighted by Crippen LogP contribution is 2.26. The first kappa shape index (κ1) is 18.1. The molecule has 0 unspecified atom stereocenters. The van der Waals surface area contributed by atoms with Crippen LogP contribution in [0.1, 0.15) is 41.5 Å². The van der Waals surface area contributed by atoms with Gasteiger partial charge in [0.15, 0.2) is 0 Å². The van der Waals surface area contributed by atoms with Gasteiger partial charge in [-0.3, -0.25) is 4.90 Å². The summed E-state index contributed by atoms with van der Waals surface area (Å²) in [6, 6.07) is 11.0. The zero-order chi connectivity index (χ0) is 18.6. The number of nitrogens with zero attached hydrogens (tertiary/aromatic N) is 2. The second-order valence-electron chi connectivity index (χ2n) is 7.74. The lowest BCUT2D eigenvalue weighted by Gasteiger charge is -2.29. The fraction of sp³-hybridized carbons (Fsp3) is 0.435. The standard InChI is InChI=1S/C23H29N3O/c1-17-5-7-21-16-26(13-11-20(21)15-17)12-3-4-14-27-22-10-9-19-8-6-18(2)24-23(19)25-22/h5,7,9-10,15H,2-4,6,8,11-14,16H2,1H3,(H,24,25). The van der Waals surface area contributed by atoms with Gasteiger partial charge >= 0.3 is 0 Å². The minimum atomic E-state index is 0.707. The summed E-state index contributed by atoms with van der Waals surface area (Å²) in [5.74, 6) is 1.61. The van der Waals surface area contributed by atoms with Crippen molar-refractivity contribution >= 4 is 5.82 Å². The third-order valence-electron chi connectivity index (χ3n) is 5.52. The molecule has 2 aliphatic heterocycles. The Hall–Kier alpha value is -2.33. The molecule has 4 rings (SSSR count). The first-order valence-electron chi connectivity index (χ1n) is 10.1. The molecular weight excluding hydrogens is 334 g/mol. The number of hydrogen-bond acceptors (Lipinski definition) is 4. The van der Waals surface area contributed by atoms with Crippen molar-refractivity contribution in [1.29, 1.82) is 0 Å². The first-order valence-corrected chi connectivity index (χ1v) is 10.1. The highest BCUT2D eigenvalue weighted by atomic mass is 16.5. The molecule has 0 aliphatic carbocycles. The van der Waals surface area contributed by atoms with Gasteiger partial charge in [-0.25, -0.2) is 0 Å². The van der Waals surface area contributed by atoms with E-state index >= 15 is 0 Å². The van der Waals surface area contributed by atoms with E-state index in [1.807, 2.05) is 6.07 Å². The quantitative estimate of drug-likeness (QED) is 0.768. The van der Waals surface area contributed by atoms with Gasteiger partial charge in [-0.1, -0.05) is 30.3 Å². The van der Waals surface area contributed by atoms with Crippen LogP contribution in [0.4, 0.5) is 5.82 Å². The zero-order valence-electron chi connectivity index (χ0n) is 16.3. The molecule has 0 saturated heterocycles. The van der Waals surface area contributed by atoms with Crippen molar-refractivity contribution in [3.63, 3.8) is 0 Å². The molecule has 0 spiro atoms. The van der Waals surface area contributed by atoms with Crippen molar-refractivity contribution in [3.05, 3.63) is 64.9 Å². The molecule has 0 bridgehead atoms. The molecule has 27 heavy (non-hydrogen) atoms. The smallest absolute Gasteiger partial charge is 0.215 e. The number of benzene rings is 1. The maximum atomic E-state index is 5.87. The van der Waals surface area contributed by atoms with Crippen molar-refractivity contribution in [2.45, 2.75) is 45.6 Å². The Balaban J connectivity index is 1.19. The van der Waals surface area contributed by atoms with E-state index in [9.17, 15) is 0 Å². The van der Waals surface area contributed by atoms with E-state index < -0.39 is 0 Å². The molecule has 2 aliphatic rings. The van der Waals surface area contributed by atoms with Crippen LogP contribution in [0.15, 0.2) is 42.6 Å². The zero-order valence-corrected chi connectivity index (χ0v) is 16.3. The van der Waals surface area contributed by atoms with Crippen LogP contribution in [0.3, 0.4) is 0 Å². The van der Waals surface area contributed by atoms with Crippen LogP contribution >= 0.6 is 0 Å². The second kappa shape index (κ2) is 8.13. The fourth-order valence-corrected chi connectivity index (χ4v) is 3.92. The van der Waals surface area contributed by atoms with Gasteiger partial charge in [0.1, 0.15) is 5.82 Å². The molecule has 4 heteroatoms. The van der Waals surface area contributed by atoms with Gasteiger partial charge in [-0.05, 0) is 68.3 Å². The molecule has 0 amide bonds. The van der Waals surface area contributed by atoms with E-state index in [0.717, 1.165) is 56.9 Å². The van der Waals surface area contributed by atoms with Crippen LogP contribution in [0.5, 0.6) is 5.88 Å². The summed E-state index contributed by atoms with van der Waals surface area (Å²) in [5.41, 5.74) is 6.68. The molecule has 2 aromatic rings. The van der Waals surface area contributed by atoms with Crippen molar-refractivity contribution in [2.75, 3.05) is 25.0 Å². The van der Waals surface area contributed by atoms with Crippen molar-refractivity contribution in [2.24, 2.45) is 0 Å². The number of allylic oxidation sites excluding steroid dienone is 1. The Bertz CT molecular complexity index is 830. The maximum Gasteiger partial charge on any atom is 0.215 e. The lowest BCUT2D eigenvalue weighted by molar-refractivity contribution is 0.233. The number of unbranched alkanes of at least 4 members (excludes halogenated alkanes) is 1. The minimum absolute atomic E-state index is 0.707. The van der Waals surface area contributed by atoms with E-state index in [-0.39, 0.29) is 0 Å². The highest BCUT2D eigenvalue weighted by molar-refractivity contribution is 5.53. The Labute approximate surface area is 162 Å². The van der Waals surface area contributed by atoms with Gasteiger partial charge in [-0.15, -0.1) is 0 Å². The van der Waals surface area contributed by atoms with Gasteiger partial charge in [0.25, 0.3) is 0 Å². The fourth-order valence-electron chi connectivity index (χ4n) is 3.92. The van der Waals surface area contributed by atoms with Crippen LogP contribution in [-0.4, -0.2) is 29.6 Å². The number of aryl methyl sites for hydroxylation is 2. The van der Waals surface area contributed by atoms with Gasteiger partial charge in [0, 0.05) is 24.9 Å². The minimum Gasteiger partial charge on any atom is -0.478 e. The predicted molar refractivity (Wildman–Crippen MR) is 110 cm³/mol. The normalized spacial score (nSPS) is 16.4. The van der Waals surface area contributed by atoms with Gasteiger partial charge in [-0.2, -0.15) is 4.98 Å². The Morgan fingerprint density at radius 2 is 1.96 bits per heavy atom. The molecular formula is C23H29N3O. The summed E-state index contributed by atoms with van der Waals surface area (Å²) in [4.78, 5) is 7.14. The summed E-state index contributed by atoms with van der Waals surface area (Å²) >= 11 is 0. The molecule has 142 valence electrons. The molecule has 0 radical (unpaired) electrons. The highest BCUT2D eigenvalue weighted by Gasteiger charge is 2.16. The second-order valence-corrected chi connectivity index (χ2v) is 7.74. The predicted octanol–water partition coefficient (Wildman–Crippen LogP) is 4.48. The SMILES string of the molecule is C=C1CCc2ccc(OCCCCN3CCc4cc(C)ccc4C3)nc2N1. The molecule has 1 N–H and O–H groups in total. The number of nitrogens with one attached hydrogen (secondary N) is 1. The van der Waals surface area contributed by atoms with Crippen LogP contribution in [0.2, 0.25) is 0 Å². The molecule has 3 heterocycles. The van der Waals surface area contributed by atoms with E-state index in [1.165, 1.54) is 35.2 Å². The largest absolute Gasteiger partial charge is 0.478 e. The monoisotopic (exact) mass is 363 g/mol. The third kappa shape index (κ3) is 4.51. The lowest BCUT2D eigenvalue weighted by Crippen LogP contribution is -2.31. The lowest BCUT2D eigenvalue weighted by atomic mass is 9.97. The summed E-state index contributed by atoms with van der Waals surface area (Å²) in [7, 11) is 0. The van der Waals surface area contributed by atoms with E-state index in [2.05, 4.69) is 53.0 Å². The summed E-state index contributed by atoms with van der Waals surface area (Å²) in [6.45, 7) is 10.3. The number of fused-ring (bicyclic) bond motifs is 2. The summed E-state index contributed by atoms with van der Waals surface area (Å²) in [6.07, 6.45) is 5.37. The van der Waals surface area contributed by atoms with E-state index in [0.29, 0.717) is 5.88 Å². The van der Waals surface area contributed by atoms with E-state index in [4.69, 9.17) is 4.74 Å². The number of hydrogen-bond donors (Lipinski definition) is 1. The first-order chi connectivity index (χ1) is 13.2. The molecule has 1 aromatic heterocycles. The van der Waals surface area contributed by atoms with Crippen molar-refractivity contribution in [3.8, 4) is 5.88 Å². The van der Waals surface area contributed by atoms with Crippen LogP contribution < -0.4 is 10.1 Å². The topological polar surface area (TPSA) is 37.4 Å². The maximum absolute atomic E-state index is 5.87. The number of ether oxygens (including phenoxy) is 1. The molecule has 0 atom stereocenters. The average molecular weight is 364 g/mol. The number of rotatable bonds is 6. The van der Waals surface area contributed by atoms with Crippen LogP contribution in [0.25, 0.3) is 0 Å². The Kier molecular flexibility index (Phi) is 5.44. The Morgan fingerprint density at radius 1 is 1.07 bits per heavy atom. The van der Waals surface area contributed by atoms with Crippen LogP contribution in [-0.2, 0) is 19.4 Å².